The van der Waals surface area contributed by atoms with Gasteiger partial charge < -0.3 is 15.2 Å². The third-order valence-corrected chi connectivity index (χ3v) is 4.35. The number of nitrogens with one attached hydrogen (secondary N) is 2. The van der Waals surface area contributed by atoms with Crippen molar-refractivity contribution in [1.29, 1.82) is 0 Å². The first-order valence-corrected chi connectivity index (χ1v) is 7.77. The van der Waals surface area contributed by atoms with Crippen molar-refractivity contribution in [3.8, 4) is 0 Å². The lowest BCUT2D eigenvalue weighted by Gasteiger charge is -2.11. The van der Waals surface area contributed by atoms with E-state index in [1.165, 1.54) is 4.88 Å². The molecule has 0 aromatic carbocycles. The maximum absolute atomic E-state index is 4.51. The molecule has 6 nitrogen and oxygen atoms in total. The van der Waals surface area contributed by atoms with Gasteiger partial charge in [0.2, 0.25) is 0 Å². The number of guanidine groups is 1. The van der Waals surface area contributed by atoms with Gasteiger partial charge in [-0.25, -0.2) is 9.97 Å². The van der Waals surface area contributed by atoms with Gasteiger partial charge in [-0.1, -0.05) is 0 Å². The minimum atomic E-state index is 0.698. The maximum Gasteiger partial charge on any atom is 0.191 e. The first-order chi connectivity index (χ1) is 10.1. The molecule has 7 heteroatoms. The van der Waals surface area contributed by atoms with Crippen molar-refractivity contribution in [3.05, 3.63) is 33.8 Å². The average Bonchev–Trinajstić information content (AvgIpc) is 3.00. The van der Waals surface area contributed by atoms with Gasteiger partial charge in [0, 0.05) is 37.4 Å². The van der Waals surface area contributed by atoms with Crippen LogP contribution >= 0.6 is 11.3 Å². The zero-order chi connectivity index (χ0) is 15.2. The van der Waals surface area contributed by atoms with Gasteiger partial charge in [-0.05, 0) is 20.8 Å². The topological polar surface area (TPSA) is 67.1 Å². The molecule has 0 saturated carbocycles. The fourth-order valence-electron chi connectivity index (χ4n) is 1.93. The van der Waals surface area contributed by atoms with E-state index in [1.807, 2.05) is 26.2 Å². The van der Waals surface area contributed by atoms with Gasteiger partial charge in [0.1, 0.15) is 10.8 Å². The molecule has 0 saturated heterocycles. The Morgan fingerprint density at radius 2 is 2.14 bits per heavy atom. The summed E-state index contributed by atoms with van der Waals surface area (Å²) in [6.45, 7) is 8.49. The van der Waals surface area contributed by atoms with E-state index < -0.39 is 0 Å². The molecule has 0 radical (unpaired) electrons. The second kappa shape index (κ2) is 7.21. The molecule has 2 N–H and O–H groups in total. The molecule has 0 aliphatic carbocycles. The number of hydrogen-bond donors (Lipinski definition) is 2. The van der Waals surface area contributed by atoms with Crippen LogP contribution in [-0.4, -0.2) is 34.1 Å². The molecule has 0 amide bonds. The van der Waals surface area contributed by atoms with Gasteiger partial charge in [-0.15, -0.1) is 11.3 Å². The third-order valence-electron chi connectivity index (χ3n) is 3.27. The highest BCUT2D eigenvalue weighted by Gasteiger charge is 2.04. The second-order valence-corrected chi connectivity index (χ2v) is 6.06. The molecular weight excluding hydrogens is 284 g/mol. The number of nitrogens with zero attached hydrogens (tertiary/aromatic N) is 4. The molecule has 0 atom stereocenters. The molecule has 21 heavy (non-hydrogen) atoms. The highest BCUT2D eigenvalue weighted by molar-refractivity contribution is 7.11. The number of rotatable bonds is 5. The monoisotopic (exact) mass is 306 g/mol. The van der Waals surface area contributed by atoms with Crippen LogP contribution in [0.2, 0.25) is 0 Å². The summed E-state index contributed by atoms with van der Waals surface area (Å²) in [6, 6.07) is 0. The Labute approximate surface area is 129 Å². The predicted molar refractivity (Wildman–Crippen MR) is 86.8 cm³/mol. The van der Waals surface area contributed by atoms with Crippen LogP contribution in [-0.2, 0) is 13.1 Å². The second-order valence-electron chi connectivity index (χ2n) is 4.77. The molecule has 2 heterocycles. The molecule has 2 aromatic rings. The average molecular weight is 306 g/mol. The molecule has 0 bridgehead atoms. The highest BCUT2D eigenvalue weighted by atomic mass is 32.1. The SMILES string of the molecule is CN=C(NCCn1ccnc1C)NCc1nc(C)c(C)s1. The standard InChI is InChI=1S/C14H22N6S/c1-10-11(2)21-13(19-10)9-18-14(15-4)17-6-8-20-7-5-16-12(20)3/h5,7H,6,8-9H2,1-4H3,(H2,15,17,18). The Hall–Kier alpha value is -1.89. The Bertz CT molecular complexity index is 593. The number of aliphatic imine (C=N–C) groups is 1. The van der Waals surface area contributed by atoms with E-state index in [0.29, 0.717) is 6.54 Å². The molecule has 2 aromatic heterocycles. The number of aromatic nitrogens is 3. The number of hydrogen-bond acceptors (Lipinski definition) is 4. The van der Waals surface area contributed by atoms with Crippen molar-refractivity contribution in [1.82, 2.24) is 25.2 Å². The van der Waals surface area contributed by atoms with Crippen molar-refractivity contribution in [2.75, 3.05) is 13.6 Å². The first-order valence-electron chi connectivity index (χ1n) is 6.95. The quantitative estimate of drug-likeness (QED) is 0.651. The summed E-state index contributed by atoms with van der Waals surface area (Å²) in [4.78, 5) is 14.2. The van der Waals surface area contributed by atoms with Crippen molar-refractivity contribution in [3.63, 3.8) is 0 Å². The fraction of sp³-hybridized carbons (Fsp3) is 0.500. The summed E-state index contributed by atoms with van der Waals surface area (Å²) in [5.74, 6) is 1.81. The van der Waals surface area contributed by atoms with Crippen LogP contribution in [0.3, 0.4) is 0 Å². The number of imidazole rings is 1. The zero-order valence-electron chi connectivity index (χ0n) is 13.0. The minimum Gasteiger partial charge on any atom is -0.355 e. The van der Waals surface area contributed by atoms with E-state index in [1.54, 1.807) is 18.4 Å². The normalized spacial score (nSPS) is 11.7. The Kier molecular flexibility index (Phi) is 5.32. The van der Waals surface area contributed by atoms with Crippen molar-refractivity contribution in [2.45, 2.75) is 33.9 Å². The van der Waals surface area contributed by atoms with E-state index >= 15 is 0 Å². The molecule has 0 spiro atoms. The number of aryl methyl sites for hydroxylation is 3. The fourth-order valence-corrected chi connectivity index (χ4v) is 2.80. The van der Waals surface area contributed by atoms with E-state index in [4.69, 9.17) is 0 Å². The highest BCUT2D eigenvalue weighted by Crippen LogP contribution is 2.15. The first kappa shape index (κ1) is 15.5. The summed E-state index contributed by atoms with van der Waals surface area (Å²) in [7, 11) is 1.77. The maximum atomic E-state index is 4.51. The van der Waals surface area contributed by atoms with Crippen LogP contribution in [0, 0.1) is 20.8 Å². The molecule has 0 fully saturated rings. The number of thiazole rings is 1. The summed E-state index contributed by atoms with van der Waals surface area (Å²) in [5, 5.41) is 7.66. The smallest absolute Gasteiger partial charge is 0.191 e. The van der Waals surface area contributed by atoms with Crippen LogP contribution in [0.25, 0.3) is 0 Å². The van der Waals surface area contributed by atoms with E-state index in [9.17, 15) is 0 Å². The minimum absolute atomic E-state index is 0.698. The van der Waals surface area contributed by atoms with Crippen LogP contribution in [0.5, 0.6) is 0 Å². The predicted octanol–water partition coefficient (Wildman–Crippen LogP) is 1.63. The van der Waals surface area contributed by atoms with Crippen molar-refractivity contribution < 1.29 is 0 Å². The summed E-state index contributed by atoms with van der Waals surface area (Å²) in [6.07, 6.45) is 3.80. The van der Waals surface area contributed by atoms with Crippen molar-refractivity contribution >= 4 is 17.3 Å². The van der Waals surface area contributed by atoms with Crippen LogP contribution in [0.15, 0.2) is 17.4 Å². The van der Waals surface area contributed by atoms with Gasteiger partial charge in [-0.3, -0.25) is 4.99 Å². The van der Waals surface area contributed by atoms with Crippen LogP contribution in [0.4, 0.5) is 0 Å². The van der Waals surface area contributed by atoms with Crippen molar-refractivity contribution in [2.24, 2.45) is 4.99 Å². The van der Waals surface area contributed by atoms with Gasteiger partial charge >= 0.3 is 0 Å². The van der Waals surface area contributed by atoms with Gasteiger partial charge in [0.25, 0.3) is 0 Å². The summed E-state index contributed by atoms with van der Waals surface area (Å²) >= 11 is 1.72. The summed E-state index contributed by atoms with van der Waals surface area (Å²) in [5.41, 5.74) is 1.11. The molecule has 0 aliphatic heterocycles. The molecule has 0 unspecified atom stereocenters. The van der Waals surface area contributed by atoms with E-state index in [2.05, 4.69) is 37.1 Å². The third kappa shape index (κ3) is 4.29. The summed E-state index contributed by atoms with van der Waals surface area (Å²) < 4.78 is 2.10. The molecule has 2 rings (SSSR count). The molecule has 114 valence electrons. The lowest BCUT2D eigenvalue weighted by molar-refractivity contribution is 0.645. The Morgan fingerprint density at radius 1 is 1.33 bits per heavy atom. The van der Waals surface area contributed by atoms with E-state index in [-0.39, 0.29) is 0 Å². The van der Waals surface area contributed by atoms with E-state index in [0.717, 1.165) is 35.6 Å². The molecule has 0 aliphatic rings. The lowest BCUT2D eigenvalue weighted by Crippen LogP contribution is -2.38. The Balaban J connectivity index is 1.77. The van der Waals surface area contributed by atoms with Gasteiger partial charge in [-0.2, -0.15) is 0 Å². The zero-order valence-corrected chi connectivity index (χ0v) is 13.8. The van der Waals surface area contributed by atoms with Crippen LogP contribution < -0.4 is 10.6 Å². The Morgan fingerprint density at radius 3 is 2.71 bits per heavy atom. The van der Waals surface area contributed by atoms with Gasteiger partial charge in [0.05, 0.1) is 12.2 Å². The van der Waals surface area contributed by atoms with Crippen LogP contribution in [0.1, 0.15) is 21.4 Å². The molecular formula is C14H22N6S. The lowest BCUT2D eigenvalue weighted by atomic mass is 10.4. The largest absolute Gasteiger partial charge is 0.355 e. The van der Waals surface area contributed by atoms with Gasteiger partial charge in [0.15, 0.2) is 5.96 Å².